The van der Waals surface area contributed by atoms with Crippen LogP contribution in [0.4, 0.5) is 13.9 Å². The molecule has 0 aliphatic heterocycles. The van der Waals surface area contributed by atoms with Crippen molar-refractivity contribution in [1.29, 1.82) is 0 Å². The summed E-state index contributed by atoms with van der Waals surface area (Å²) < 4.78 is 25.0. The average molecular weight is 389 g/mol. The van der Waals surface area contributed by atoms with Gasteiger partial charge in [0.05, 0.1) is 0 Å². The van der Waals surface area contributed by atoms with Gasteiger partial charge in [-0.25, -0.2) is 8.78 Å². The highest BCUT2D eigenvalue weighted by molar-refractivity contribution is 7.15. The third-order valence-electron chi connectivity index (χ3n) is 3.20. The molecule has 2 amide bonds. The molecule has 0 bridgehead atoms. The standard InChI is InChI=1S/C15H15ClF2N4O2S/c1-7(2)10(19-12(23)8-3-5-9(16)6-4-8)13(24)20-15-22-21-14(25-15)11(17)18/h3-7,10-11H,1-2H3,(H,19,23)(H,20,22,24). The third-order valence-corrected chi connectivity index (χ3v) is 4.30. The summed E-state index contributed by atoms with van der Waals surface area (Å²) in [5.74, 6) is -1.25. The van der Waals surface area contributed by atoms with Crippen molar-refractivity contribution >= 4 is 39.9 Å². The van der Waals surface area contributed by atoms with Gasteiger partial charge in [0, 0.05) is 10.6 Å². The van der Waals surface area contributed by atoms with Gasteiger partial charge >= 0.3 is 0 Å². The van der Waals surface area contributed by atoms with Crippen LogP contribution in [-0.4, -0.2) is 28.1 Å². The van der Waals surface area contributed by atoms with E-state index in [0.29, 0.717) is 21.9 Å². The number of anilines is 1. The fraction of sp³-hybridized carbons (Fsp3) is 0.333. The minimum atomic E-state index is -2.76. The molecule has 6 nitrogen and oxygen atoms in total. The highest BCUT2D eigenvalue weighted by Crippen LogP contribution is 2.25. The maximum Gasteiger partial charge on any atom is 0.291 e. The lowest BCUT2D eigenvalue weighted by molar-refractivity contribution is -0.118. The number of halogens is 3. The first-order valence-corrected chi connectivity index (χ1v) is 8.46. The van der Waals surface area contributed by atoms with E-state index in [0.717, 1.165) is 0 Å². The quantitative estimate of drug-likeness (QED) is 0.793. The van der Waals surface area contributed by atoms with Gasteiger partial charge in [-0.05, 0) is 30.2 Å². The summed E-state index contributed by atoms with van der Waals surface area (Å²) in [4.78, 5) is 24.6. The Morgan fingerprint density at radius 1 is 1.16 bits per heavy atom. The van der Waals surface area contributed by atoms with Gasteiger partial charge in [-0.2, -0.15) is 0 Å². The monoisotopic (exact) mass is 388 g/mol. The van der Waals surface area contributed by atoms with Crippen LogP contribution in [0.1, 0.15) is 35.6 Å². The highest BCUT2D eigenvalue weighted by Gasteiger charge is 2.26. The van der Waals surface area contributed by atoms with Gasteiger partial charge in [0.2, 0.25) is 11.0 Å². The van der Waals surface area contributed by atoms with Crippen LogP contribution in [0.3, 0.4) is 0 Å². The first kappa shape index (κ1) is 19.2. The second-order valence-corrected chi connectivity index (χ2v) is 6.88. The van der Waals surface area contributed by atoms with E-state index in [1.54, 1.807) is 26.0 Å². The zero-order chi connectivity index (χ0) is 18.6. The van der Waals surface area contributed by atoms with E-state index < -0.39 is 29.3 Å². The van der Waals surface area contributed by atoms with E-state index in [1.807, 2.05) is 0 Å². The summed E-state index contributed by atoms with van der Waals surface area (Å²) in [6.45, 7) is 3.49. The van der Waals surface area contributed by atoms with Gasteiger partial charge in [0.1, 0.15) is 6.04 Å². The van der Waals surface area contributed by atoms with Crippen LogP contribution in [-0.2, 0) is 4.79 Å². The molecule has 1 unspecified atom stereocenters. The van der Waals surface area contributed by atoms with Gasteiger partial charge in [-0.3, -0.25) is 14.9 Å². The zero-order valence-corrected chi connectivity index (χ0v) is 14.9. The summed E-state index contributed by atoms with van der Waals surface area (Å²) in [5.41, 5.74) is 0.346. The van der Waals surface area contributed by atoms with Crippen LogP contribution in [0.5, 0.6) is 0 Å². The number of aromatic nitrogens is 2. The zero-order valence-electron chi connectivity index (χ0n) is 13.3. The number of amides is 2. The van der Waals surface area contributed by atoms with E-state index in [4.69, 9.17) is 11.6 Å². The Labute approximate surface area is 151 Å². The van der Waals surface area contributed by atoms with Crippen LogP contribution in [0.2, 0.25) is 5.02 Å². The van der Waals surface area contributed by atoms with Gasteiger partial charge in [0.15, 0.2) is 5.01 Å². The highest BCUT2D eigenvalue weighted by atomic mass is 35.5. The number of carbonyl (C=O) groups excluding carboxylic acids is 2. The topological polar surface area (TPSA) is 84.0 Å². The molecular weight excluding hydrogens is 374 g/mol. The summed E-state index contributed by atoms with van der Waals surface area (Å²) >= 11 is 6.36. The Balaban J connectivity index is 2.07. The lowest BCUT2D eigenvalue weighted by atomic mass is 10.0. The van der Waals surface area contributed by atoms with Gasteiger partial charge < -0.3 is 5.32 Å². The van der Waals surface area contributed by atoms with Gasteiger partial charge in [-0.15, -0.1) is 10.2 Å². The summed E-state index contributed by atoms with van der Waals surface area (Å²) in [6, 6.07) is 5.32. The molecule has 0 saturated carbocycles. The second kappa shape index (κ2) is 8.30. The first-order valence-electron chi connectivity index (χ1n) is 7.26. The number of rotatable bonds is 6. The molecule has 2 aromatic rings. The smallest absolute Gasteiger partial charge is 0.291 e. The van der Waals surface area contributed by atoms with Crippen LogP contribution in [0.25, 0.3) is 0 Å². The molecular formula is C15H15ClF2N4O2S. The van der Waals surface area contributed by atoms with Crippen LogP contribution >= 0.6 is 22.9 Å². The van der Waals surface area contributed by atoms with Crippen molar-refractivity contribution in [3.8, 4) is 0 Å². The number of alkyl halides is 2. The lowest BCUT2D eigenvalue weighted by Gasteiger charge is -2.21. The molecule has 2 N–H and O–H groups in total. The van der Waals surface area contributed by atoms with Crippen molar-refractivity contribution in [1.82, 2.24) is 15.5 Å². The van der Waals surface area contributed by atoms with E-state index in [2.05, 4.69) is 20.8 Å². The number of nitrogens with one attached hydrogen (secondary N) is 2. The van der Waals surface area contributed by atoms with Crippen molar-refractivity contribution in [2.24, 2.45) is 5.92 Å². The van der Waals surface area contributed by atoms with Crippen molar-refractivity contribution in [3.63, 3.8) is 0 Å². The first-order chi connectivity index (χ1) is 11.8. The van der Waals surface area contributed by atoms with Crippen LogP contribution < -0.4 is 10.6 Å². The molecule has 10 heteroatoms. The average Bonchev–Trinajstić information content (AvgIpc) is 3.01. The van der Waals surface area contributed by atoms with E-state index in [-0.39, 0.29) is 11.0 Å². The Hall–Kier alpha value is -2.13. The third kappa shape index (κ3) is 5.17. The number of nitrogens with zero attached hydrogens (tertiary/aromatic N) is 2. The largest absolute Gasteiger partial charge is 0.340 e. The van der Waals surface area contributed by atoms with E-state index in [9.17, 15) is 18.4 Å². The van der Waals surface area contributed by atoms with E-state index >= 15 is 0 Å². The molecule has 134 valence electrons. The normalized spacial score (nSPS) is 12.3. The fourth-order valence-electron chi connectivity index (χ4n) is 1.92. The van der Waals surface area contributed by atoms with Crippen molar-refractivity contribution in [2.45, 2.75) is 26.3 Å². The van der Waals surface area contributed by atoms with Gasteiger partial charge in [-0.1, -0.05) is 36.8 Å². The minimum Gasteiger partial charge on any atom is -0.340 e. The van der Waals surface area contributed by atoms with Crippen molar-refractivity contribution in [3.05, 3.63) is 39.9 Å². The SMILES string of the molecule is CC(C)C(NC(=O)c1ccc(Cl)cc1)C(=O)Nc1nnc(C(F)F)s1. The van der Waals surface area contributed by atoms with Crippen LogP contribution in [0, 0.1) is 5.92 Å². The molecule has 0 aliphatic rings. The van der Waals surface area contributed by atoms with E-state index in [1.165, 1.54) is 12.1 Å². The number of hydrogen-bond acceptors (Lipinski definition) is 5. The predicted molar refractivity (Wildman–Crippen MR) is 91.0 cm³/mol. The van der Waals surface area contributed by atoms with Gasteiger partial charge in [0.25, 0.3) is 12.3 Å². The molecule has 0 spiro atoms. The minimum absolute atomic E-state index is 0.0494. The maximum atomic E-state index is 12.5. The van der Waals surface area contributed by atoms with Crippen LogP contribution in [0.15, 0.2) is 24.3 Å². The maximum absolute atomic E-state index is 12.5. The predicted octanol–water partition coefficient (Wildman–Crippen LogP) is 3.52. The molecule has 1 atom stereocenters. The molecule has 1 heterocycles. The molecule has 0 saturated heterocycles. The second-order valence-electron chi connectivity index (χ2n) is 5.44. The Kier molecular flexibility index (Phi) is 6.38. The summed E-state index contributed by atoms with van der Waals surface area (Å²) in [7, 11) is 0. The Bertz CT molecular complexity index is 752. The molecule has 0 fully saturated rings. The number of hydrogen-bond donors (Lipinski definition) is 2. The van der Waals surface area contributed by atoms with Crippen molar-refractivity contribution < 1.29 is 18.4 Å². The summed E-state index contributed by atoms with van der Waals surface area (Å²) in [5, 5.41) is 11.8. The molecule has 0 radical (unpaired) electrons. The number of benzene rings is 1. The molecule has 1 aromatic carbocycles. The Morgan fingerprint density at radius 2 is 1.80 bits per heavy atom. The molecule has 25 heavy (non-hydrogen) atoms. The Morgan fingerprint density at radius 3 is 2.32 bits per heavy atom. The molecule has 0 aliphatic carbocycles. The molecule has 1 aromatic heterocycles. The number of carbonyl (C=O) groups is 2. The lowest BCUT2D eigenvalue weighted by Crippen LogP contribution is -2.47. The molecule has 2 rings (SSSR count). The van der Waals surface area contributed by atoms with Crippen molar-refractivity contribution in [2.75, 3.05) is 5.32 Å². The summed E-state index contributed by atoms with van der Waals surface area (Å²) in [6.07, 6.45) is -2.76. The fourth-order valence-corrected chi connectivity index (χ4v) is 2.65.